The summed E-state index contributed by atoms with van der Waals surface area (Å²) in [7, 11) is 1.94. The van der Waals surface area contributed by atoms with Crippen molar-refractivity contribution in [1.29, 1.82) is 0 Å². The standard InChI is InChI=1S/C13H23N3OS/c1-10(2)8-15-13(17)9-16(3)11(7-14)12-5-4-6-18-12/h4-6,10-11H,7-9,14H2,1-3H3,(H,15,17). The third-order valence-corrected chi connectivity index (χ3v) is 3.70. The largest absolute Gasteiger partial charge is 0.355 e. The molecule has 1 aromatic rings. The van der Waals surface area contributed by atoms with Gasteiger partial charge >= 0.3 is 0 Å². The highest BCUT2D eigenvalue weighted by Crippen LogP contribution is 2.22. The fourth-order valence-corrected chi connectivity index (χ4v) is 2.61. The maximum Gasteiger partial charge on any atom is 0.234 e. The predicted octanol–water partition coefficient (Wildman–Crippen LogP) is 1.45. The number of rotatable bonds is 7. The van der Waals surface area contributed by atoms with E-state index in [2.05, 4.69) is 25.2 Å². The van der Waals surface area contributed by atoms with Crippen LogP contribution in [-0.4, -0.2) is 37.5 Å². The van der Waals surface area contributed by atoms with E-state index in [9.17, 15) is 4.79 Å². The lowest BCUT2D eigenvalue weighted by Crippen LogP contribution is -2.40. The van der Waals surface area contributed by atoms with Gasteiger partial charge in [-0.1, -0.05) is 19.9 Å². The number of nitrogens with two attached hydrogens (primary N) is 1. The zero-order chi connectivity index (χ0) is 13.5. The van der Waals surface area contributed by atoms with Crippen molar-refractivity contribution in [2.75, 3.05) is 26.7 Å². The van der Waals surface area contributed by atoms with Gasteiger partial charge in [-0.25, -0.2) is 0 Å². The van der Waals surface area contributed by atoms with Gasteiger partial charge < -0.3 is 11.1 Å². The molecule has 0 aliphatic rings. The van der Waals surface area contributed by atoms with E-state index < -0.39 is 0 Å². The number of carbonyl (C=O) groups excluding carboxylic acids is 1. The van der Waals surface area contributed by atoms with Crippen molar-refractivity contribution in [2.45, 2.75) is 19.9 Å². The monoisotopic (exact) mass is 269 g/mol. The Labute approximate surface area is 113 Å². The summed E-state index contributed by atoms with van der Waals surface area (Å²) in [5.41, 5.74) is 5.80. The van der Waals surface area contributed by atoms with Crippen LogP contribution in [-0.2, 0) is 4.79 Å². The zero-order valence-electron chi connectivity index (χ0n) is 11.3. The Bertz CT molecular complexity index is 351. The van der Waals surface area contributed by atoms with Gasteiger partial charge in [-0.2, -0.15) is 0 Å². The van der Waals surface area contributed by atoms with Gasteiger partial charge in [0.15, 0.2) is 0 Å². The third kappa shape index (κ3) is 4.76. The molecule has 3 N–H and O–H groups in total. The smallest absolute Gasteiger partial charge is 0.234 e. The molecule has 5 heteroatoms. The summed E-state index contributed by atoms with van der Waals surface area (Å²) in [6.45, 7) is 5.79. The number of likely N-dealkylation sites (N-methyl/N-ethyl adjacent to an activating group) is 1. The highest BCUT2D eigenvalue weighted by atomic mass is 32.1. The van der Waals surface area contributed by atoms with Crippen molar-refractivity contribution in [3.8, 4) is 0 Å². The van der Waals surface area contributed by atoms with E-state index in [1.165, 1.54) is 4.88 Å². The first-order valence-corrected chi connectivity index (χ1v) is 7.13. The van der Waals surface area contributed by atoms with E-state index in [0.717, 1.165) is 6.54 Å². The molecule has 0 radical (unpaired) electrons. The molecule has 4 nitrogen and oxygen atoms in total. The van der Waals surface area contributed by atoms with Crippen LogP contribution < -0.4 is 11.1 Å². The highest BCUT2D eigenvalue weighted by molar-refractivity contribution is 7.10. The molecule has 1 amide bonds. The molecule has 0 bridgehead atoms. The Morgan fingerprint density at radius 3 is 2.78 bits per heavy atom. The molecule has 18 heavy (non-hydrogen) atoms. The molecule has 1 aromatic heterocycles. The normalized spacial score (nSPS) is 13.0. The van der Waals surface area contributed by atoms with Gasteiger partial charge in [-0.05, 0) is 24.4 Å². The fourth-order valence-electron chi connectivity index (χ4n) is 1.70. The fraction of sp³-hybridized carbons (Fsp3) is 0.615. The summed E-state index contributed by atoms with van der Waals surface area (Å²) in [6, 6.07) is 4.19. The van der Waals surface area contributed by atoms with Gasteiger partial charge in [0.2, 0.25) is 5.91 Å². The average Bonchev–Trinajstić information content (AvgIpc) is 2.81. The van der Waals surface area contributed by atoms with Crippen molar-refractivity contribution in [3.63, 3.8) is 0 Å². The van der Waals surface area contributed by atoms with Crippen molar-refractivity contribution >= 4 is 17.2 Å². The quantitative estimate of drug-likeness (QED) is 0.788. The summed E-state index contributed by atoms with van der Waals surface area (Å²) >= 11 is 1.68. The molecule has 0 spiro atoms. The van der Waals surface area contributed by atoms with Gasteiger partial charge in [0.05, 0.1) is 12.6 Å². The van der Waals surface area contributed by atoms with Gasteiger partial charge in [-0.15, -0.1) is 11.3 Å². The van der Waals surface area contributed by atoms with Crippen LogP contribution in [0.5, 0.6) is 0 Å². The molecule has 1 unspecified atom stereocenters. The molecule has 0 saturated heterocycles. The zero-order valence-corrected chi connectivity index (χ0v) is 12.2. The second-order valence-electron chi connectivity index (χ2n) is 4.88. The van der Waals surface area contributed by atoms with Crippen LogP contribution in [0.15, 0.2) is 17.5 Å². The molecular formula is C13H23N3OS. The van der Waals surface area contributed by atoms with Crippen LogP contribution >= 0.6 is 11.3 Å². The van der Waals surface area contributed by atoms with E-state index in [4.69, 9.17) is 5.73 Å². The Morgan fingerprint density at radius 2 is 2.28 bits per heavy atom. The van der Waals surface area contributed by atoms with Crippen LogP contribution in [0.4, 0.5) is 0 Å². The topological polar surface area (TPSA) is 58.4 Å². The second-order valence-corrected chi connectivity index (χ2v) is 5.86. The number of nitrogens with zero attached hydrogens (tertiary/aromatic N) is 1. The van der Waals surface area contributed by atoms with Gasteiger partial charge in [0.1, 0.15) is 0 Å². The lowest BCUT2D eigenvalue weighted by atomic mass is 10.2. The highest BCUT2D eigenvalue weighted by Gasteiger charge is 2.18. The van der Waals surface area contributed by atoms with Crippen LogP contribution in [0.25, 0.3) is 0 Å². The van der Waals surface area contributed by atoms with Crippen molar-refractivity contribution in [1.82, 2.24) is 10.2 Å². The molecule has 0 aliphatic carbocycles. The molecule has 0 saturated carbocycles. The molecule has 0 fully saturated rings. The summed E-state index contributed by atoms with van der Waals surface area (Å²) in [5, 5.41) is 4.95. The molecule has 0 aliphatic heterocycles. The van der Waals surface area contributed by atoms with E-state index in [-0.39, 0.29) is 11.9 Å². The van der Waals surface area contributed by atoms with Crippen LogP contribution in [0.1, 0.15) is 24.8 Å². The molecule has 1 atom stereocenters. The van der Waals surface area contributed by atoms with E-state index in [1.807, 2.05) is 23.4 Å². The van der Waals surface area contributed by atoms with Crippen LogP contribution in [0, 0.1) is 5.92 Å². The Balaban J connectivity index is 2.47. The van der Waals surface area contributed by atoms with Crippen molar-refractivity contribution < 1.29 is 4.79 Å². The summed E-state index contributed by atoms with van der Waals surface area (Å²) < 4.78 is 0. The maximum atomic E-state index is 11.8. The number of carbonyl (C=O) groups is 1. The number of hydrogen-bond donors (Lipinski definition) is 2. The minimum atomic E-state index is 0.0567. The van der Waals surface area contributed by atoms with E-state index in [0.29, 0.717) is 19.0 Å². The molecule has 0 aromatic carbocycles. The average molecular weight is 269 g/mol. The van der Waals surface area contributed by atoms with Gasteiger partial charge in [-0.3, -0.25) is 9.69 Å². The number of nitrogens with one attached hydrogen (secondary N) is 1. The maximum absolute atomic E-state index is 11.8. The Kier molecular flexibility index (Phi) is 6.32. The first-order chi connectivity index (χ1) is 8.54. The van der Waals surface area contributed by atoms with Gasteiger partial charge in [0.25, 0.3) is 0 Å². The van der Waals surface area contributed by atoms with E-state index >= 15 is 0 Å². The van der Waals surface area contributed by atoms with Gasteiger partial charge in [0, 0.05) is 18.0 Å². The van der Waals surface area contributed by atoms with Crippen molar-refractivity contribution in [2.24, 2.45) is 11.7 Å². The minimum Gasteiger partial charge on any atom is -0.355 e. The Morgan fingerprint density at radius 1 is 1.56 bits per heavy atom. The molecule has 102 valence electrons. The summed E-state index contributed by atoms with van der Waals surface area (Å²) in [6.07, 6.45) is 0. The summed E-state index contributed by atoms with van der Waals surface area (Å²) in [4.78, 5) is 15.0. The Hall–Kier alpha value is -0.910. The SMILES string of the molecule is CC(C)CNC(=O)CN(C)C(CN)c1cccs1. The number of thiophene rings is 1. The third-order valence-electron chi connectivity index (χ3n) is 2.73. The first kappa shape index (κ1) is 15.1. The van der Waals surface area contributed by atoms with Crippen LogP contribution in [0.3, 0.4) is 0 Å². The lowest BCUT2D eigenvalue weighted by Gasteiger charge is -2.25. The lowest BCUT2D eigenvalue weighted by molar-refractivity contribution is -0.122. The van der Waals surface area contributed by atoms with Crippen LogP contribution in [0.2, 0.25) is 0 Å². The second kappa shape index (κ2) is 7.51. The minimum absolute atomic E-state index is 0.0567. The summed E-state index contributed by atoms with van der Waals surface area (Å²) in [5.74, 6) is 0.531. The molecular weight excluding hydrogens is 246 g/mol. The number of amides is 1. The predicted molar refractivity (Wildman–Crippen MR) is 76.6 cm³/mol. The number of hydrogen-bond acceptors (Lipinski definition) is 4. The first-order valence-electron chi connectivity index (χ1n) is 6.25. The van der Waals surface area contributed by atoms with Crippen molar-refractivity contribution in [3.05, 3.63) is 22.4 Å². The van der Waals surface area contributed by atoms with E-state index in [1.54, 1.807) is 11.3 Å². The molecule has 1 heterocycles. The molecule has 1 rings (SSSR count).